The van der Waals surface area contributed by atoms with Crippen LogP contribution in [0.2, 0.25) is 0 Å². The van der Waals surface area contributed by atoms with Gasteiger partial charge in [-0.15, -0.1) is 0 Å². The van der Waals surface area contributed by atoms with Crippen molar-refractivity contribution in [2.75, 3.05) is 0 Å². The lowest BCUT2D eigenvalue weighted by atomic mass is 10.1. The van der Waals surface area contributed by atoms with Crippen molar-refractivity contribution in [1.29, 1.82) is 0 Å². The Morgan fingerprint density at radius 1 is 0.677 bits per heavy atom. The van der Waals surface area contributed by atoms with Gasteiger partial charge in [0, 0.05) is 0 Å². The Kier molecular flexibility index (Phi) is 8.48. The third-order valence-electron chi connectivity index (χ3n) is 4.38. The number of alkyl halides is 1. The summed E-state index contributed by atoms with van der Waals surface area (Å²) >= 11 is 3.56. The van der Waals surface area contributed by atoms with Gasteiger partial charge in [-0.2, -0.15) is 0 Å². The first-order valence-electron chi connectivity index (χ1n) is 9.75. The molecule has 1 atom stereocenters. The molecule has 0 heterocycles. The Balaban J connectivity index is 1.61. The first-order chi connectivity index (χ1) is 15.1. The first-order valence-corrected chi connectivity index (χ1v) is 10.7. The molecule has 6 nitrogen and oxygen atoms in total. The van der Waals surface area contributed by atoms with Gasteiger partial charge in [0.25, 0.3) is 0 Å². The van der Waals surface area contributed by atoms with Crippen LogP contribution in [0.5, 0.6) is 0 Å². The van der Waals surface area contributed by atoms with Crippen LogP contribution >= 0.6 is 15.9 Å². The van der Waals surface area contributed by atoms with Crippen molar-refractivity contribution >= 4 is 28.1 Å². The van der Waals surface area contributed by atoms with Gasteiger partial charge in [0.2, 0.25) is 0 Å². The third-order valence-corrected chi connectivity index (χ3v) is 5.44. The second-order valence-corrected chi connectivity index (χ2v) is 7.69. The van der Waals surface area contributed by atoms with Crippen LogP contribution in [-0.2, 0) is 22.7 Å². The van der Waals surface area contributed by atoms with E-state index < -0.39 is 23.2 Å². The molecule has 0 radical (unpaired) electrons. The van der Waals surface area contributed by atoms with Crippen molar-refractivity contribution in [3.8, 4) is 0 Å². The van der Waals surface area contributed by atoms with Crippen LogP contribution in [0, 0.1) is 0 Å². The zero-order valence-electron chi connectivity index (χ0n) is 16.7. The van der Waals surface area contributed by atoms with Crippen molar-refractivity contribution in [2.24, 2.45) is 0 Å². The van der Waals surface area contributed by atoms with Crippen molar-refractivity contribution in [3.63, 3.8) is 0 Å². The van der Waals surface area contributed by atoms with Crippen molar-refractivity contribution in [2.45, 2.75) is 24.2 Å². The molecule has 0 fully saturated rings. The predicted octanol–water partition coefficient (Wildman–Crippen LogP) is 5.30. The summed E-state index contributed by atoms with van der Waals surface area (Å²) in [5.41, 5.74) is 2.60. The highest BCUT2D eigenvalue weighted by Gasteiger charge is 2.25. The molecular formula is C24H23BrN2O4. The summed E-state index contributed by atoms with van der Waals surface area (Å²) in [6.07, 6.45) is -2.11. The Bertz CT molecular complexity index is 898. The number of hydrogen-bond acceptors (Lipinski definition) is 4. The number of hydrogen-bond donors (Lipinski definition) is 2. The SMILES string of the molecule is O=C(NC(NC(=O)OCc1ccccc1)C(Br)c1ccccc1)OCc1ccccc1. The number of carbonyl (C=O) groups is 2. The number of nitrogens with one attached hydrogen (secondary N) is 2. The second-order valence-electron chi connectivity index (χ2n) is 6.70. The van der Waals surface area contributed by atoms with Crippen molar-refractivity contribution in [1.82, 2.24) is 10.6 Å². The van der Waals surface area contributed by atoms with Gasteiger partial charge in [0.15, 0.2) is 0 Å². The molecule has 7 heteroatoms. The molecule has 2 amide bonds. The van der Waals surface area contributed by atoms with E-state index in [4.69, 9.17) is 9.47 Å². The van der Waals surface area contributed by atoms with Crippen molar-refractivity contribution in [3.05, 3.63) is 108 Å². The van der Waals surface area contributed by atoms with E-state index in [0.717, 1.165) is 16.7 Å². The number of benzene rings is 3. The maximum absolute atomic E-state index is 12.4. The summed E-state index contributed by atoms with van der Waals surface area (Å²) in [7, 11) is 0. The van der Waals surface area contributed by atoms with Gasteiger partial charge in [-0.1, -0.05) is 107 Å². The molecule has 3 aromatic rings. The quantitative estimate of drug-likeness (QED) is 0.337. The highest BCUT2D eigenvalue weighted by atomic mass is 79.9. The number of ether oxygens (including phenoxy) is 2. The van der Waals surface area contributed by atoms with E-state index >= 15 is 0 Å². The van der Waals surface area contributed by atoms with E-state index in [1.807, 2.05) is 91.0 Å². The first kappa shape index (κ1) is 22.4. The lowest BCUT2D eigenvalue weighted by molar-refractivity contribution is 0.122. The molecule has 0 spiro atoms. The Hall–Kier alpha value is -3.32. The van der Waals surface area contributed by atoms with Gasteiger partial charge in [0.1, 0.15) is 19.4 Å². The predicted molar refractivity (Wildman–Crippen MR) is 121 cm³/mol. The van der Waals surface area contributed by atoms with Gasteiger partial charge in [-0.3, -0.25) is 10.6 Å². The maximum Gasteiger partial charge on any atom is 0.409 e. The van der Waals surface area contributed by atoms with Crippen LogP contribution in [0.3, 0.4) is 0 Å². The Labute approximate surface area is 189 Å². The van der Waals surface area contributed by atoms with Gasteiger partial charge < -0.3 is 9.47 Å². The molecule has 0 saturated heterocycles. The largest absolute Gasteiger partial charge is 0.445 e. The van der Waals surface area contributed by atoms with E-state index in [9.17, 15) is 9.59 Å². The van der Waals surface area contributed by atoms with Gasteiger partial charge in [-0.25, -0.2) is 9.59 Å². The fourth-order valence-electron chi connectivity index (χ4n) is 2.80. The van der Waals surface area contributed by atoms with Crippen molar-refractivity contribution < 1.29 is 19.1 Å². The van der Waals surface area contributed by atoms with Crippen LogP contribution in [0.4, 0.5) is 9.59 Å². The lowest BCUT2D eigenvalue weighted by Crippen LogP contribution is -2.50. The summed E-state index contributed by atoms with van der Waals surface area (Å²) in [5, 5.41) is 5.39. The molecular weight excluding hydrogens is 460 g/mol. The molecule has 0 aliphatic rings. The molecule has 0 bridgehead atoms. The molecule has 160 valence electrons. The van der Waals surface area contributed by atoms with Crippen LogP contribution in [0.25, 0.3) is 0 Å². The smallest absolute Gasteiger partial charge is 0.409 e. The Morgan fingerprint density at radius 3 is 1.48 bits per heavy atom. The normalized spacial score (nSPS) is 11.4. The van der Waals surface area contributed by atoms with Crippen LogP contribution < -0.4 is 10.6 Å². The molecule has 0 aliphatic carbocycles. The molecule has 3 rings (SSSR count). The van der Waals surface area contributed by atoms with E-state index in [-0.39, 0.29) is 13.2 Å². The second kappa shape index (κ2) is 11.8. The topological polar surface area (TPSA) is 76.7 Å². The maximum atomic E-state index is 12.4. The molecule has 3 aromatic carbocycles. The summed E-state index contributed by atoms with van der Waals surface area (Å²) < 4.78 is 10.6. The average Bonchev–Trinajstić information content (AvgIpc) is 2.82. The Morgan fingerprint density at radius 2 is 1.06 bits per heavy atom. The summed E-state index contributed by atoms with van der Waals surface area (Å²) in [6.45, 7) is 0.242. The minimum Gasteiger partial charge on any atom is -0.445 e. The van der Waals surface area contributed by atoms with Gasteiger partial charge in [0.05, 0.1) is 4.83 Å². The number of amides is 2. The minimum atomic E-state index is -0.797. The summed E-state index contributed by atoms with van der Waals surface area (Å²) in [6, 6.07) is 28.1. The molecule has 31 heavy (non-hydrogen) atoms. The van der Waals surface area contributed by atoms with Gasteiger partial charge >= 0.3 is 12.2 Å². The zero-order chi connectivity index (χ0) is 21.9. The van der Waals surface area contributed by atoms with E-state index in [0.29, 0.717) is 0 Å². The number of alkyl carbamates (subject to hydrolysis) is 2. The number of rotatable bonds is 8. The van der Waals surface area contributed by atoms with Crippen LogP contribution in [-0.4, -0.2) is 18.4 Å². The molecule has 0 aromatic heterocycles. The summed E-state index contributed by atoms with van der Waals surface area (Å²) in [5.74, 6) is 0. The third kappa shape index (κ3) is 7.46. The molecule has 0 saturated carbocycles. The highest BCUT2D eigenvalue weighted by Crippen LogP contribution is 2.25. The lowest BCUT2D eigenvalue weighted by Gasteiger charge is -2.24. The fourth-order valence-corrected chi connectivity index (χ4v) is 3.36. The standard InChI is InChI=1S/C24H23BrN2O4/c25-21(20-14-8-3-9-15-20)22(26-23(28)30-16-18-10-4-1-5-11-18)27-24(29)31-17-19-12-6-2-7-13-19/h1-15,21-22H,16-17H2,(H,26,28)(H,27,29). The van der Waals surface area contributed by atoms with Gasteiger partial charge in [-0.05, 0) is 16.7 Å². The van der Waals surface area contributed by atoms with E-state index in [2.05, 4.69) is 26.6 Å². The number of carbonyl (C=O) groups excluding carboxylic acids is 2. The fraction of sp³-hybridized carbons (Fsp3) is 0.167. The minimum absolute atomic E-state index is 0.121. The van der Waals surface area contributed by atoms with Crippen LogP contribution in [0.1, 0.15) is 21.5 Å². The molecule has 0 aliphatic heterocycles. The van der Waals surface area contributed by atoms with E-state index in [1.165, 1.54) is 0 Å². The zero-order valence-corrected chi connectivity index (χ0v) is 18.3. The monoisotopic (exact) mass is 482 g/mol. The number of halogens is 1. The molecule has 2 N–H and O–H groups in total. The highest BCUT2D eigenvalue weighted by molar-refractivity contribution is 9.09. The average molecular weight is 483 g/mol. The molecule has 1 unspecified atom stereocenters. The van der Waals surface area contributed by atoms with E-state index in [1.54, 1.807) is 0 Å². The summed E-state index contributed by atoms with van der Waals surface area (Å²) in [4.78, 5) is 24.4. The van der Waals surface area contributed by atoms with Crippen LogP contribution in [0.15, 0.2) is 91.0 Å².